The average Bonchev–Trinajstić information content (AvgIpc) is 2.28. The third kappa shape index (κ3) is 3.58. The van der Waals surface area contributed by atoms with E-state index in [9.17, 15) is 14.9 Å². The normalized spacial score (nSPS) is 10.3. The number of carbonyl (C=O) groups excluding carboxylic acids is 1. The van der Waals surface area contributed by atoms with Crippen molar-refractivity contribution >= 4 is 17.7 Å². The van der Waals surface area contributed by atoms with E-state index in [1.807, 2.05) is 6.29 Å². The van der Waals surface area contributed by atoms with Gasteiger partial charge in [0.05, 0.1) is 4.92 Å². The number of anilines is 1. The number of nitrogens with zero attached hydrogens (tertiary/aromatic N) is 2. The second-order valence-corrected chi connectivity index (χ2v) is 3.97. The molecule has 0 bridgehead atoms. The van der Waals surface area contributed by atoms with Crippen molar-refractivity contribution in [2.45, 2.75) is 19.4 Å². The number of hydrogen-bond acceptors (Lipinski definition) is 4. The molecule has 0 N–H and O–H groups in total. The maximum Gasteiger partial charge on any atom is 3.00 e. The molecule has 0 amide bonds. The molecule has 0 aliphatic rings. The molecule has 0 saturated carbocycles. The van der Waals surface area contributed by atoms with Crippen LogP contribution >= 0.6 is 0 Å². The average molecular weight is 310 g/mol. The van der Waals surface area contributed by atoms with Gasteiger partial charge >= 0.3 is 32.7 Å². The molecule has 0 aliphatic heterocycles. The molecule has 6 heteroatoms. The van der Waals surface area contributed by atoms with Gasteiger partial charge in [0.2, 0.25) is 0 Å². The van der Waals surface area contributed by atoms with Crippen LogP contribution < -0.4 is 4.90 Å². The molecule has 0 aliphatic carbocycles. The van der Waals surface area contributed by atoms with Gasteiger partial charge in [0.25, 0.3) is 5.69 Å². The molecule has 17 heavy (non-hydrogen) atoms. The molecule has 0 heterocycles. The molecule has 86 valence electrons. The van der Waals surface area contributed by atoms with Crippen molar-refractivity contribution in [3.8, 4) is 0 Å². The molecular formula is C11H13N2O3Y+2. The van der Waals surface area contributed by atoms with Gasteiger partial charge in [-0.2, -0.15) is 0 Å². The third-order valence-electron chi connectivity index (χ3n) is 2.53. The van der Waals surface area contributed by atoms with Gasteiger partial charge < -0.3 is 9.69 Å². The van der Waals surface area contributed by atoms with Gasteiger partial charge in [0, 0.05) is 13.1 Å². The first kappa shape index (κ1) is 16.2. The number of nitro groups is 1. The van der Waals surface area contributed by atoms with E-state index >= 15 is 0 Å². The number of benzene rings is 1. The van der Waals surface area contributed by atoms with E-state index in [2.05, 4.69) is 0 Å². The van der Waals surface area contributed by atoms with E-state index in [4.69, 9.17) is 0 Å². The number of rotatable bonds is 4. The summed E-state index contributed by atoms with van der Waals surface area (Å²) in [5, 5.41) is 10.8. The minimum absolute atomic E-state index is 0. The van der Waals surface area contributed by atoms with Crippen LogP contribution in [0.1, 0.15) is 13.8 Å². The second kappa shape index (κ2) is 6.21. The van der Waals surface area contributed by atoms with Crippen LogP contribution in [0.2, 0.25) is 0 Å². The van der Waals surface area contributed by atoms with Gasteiger partial charge in [-0.15, -0.1) is 0 Å². The summed E-state index contributed by atoms with van der Waals surface area (Å²) in [5.41, 5.74) is -0.513. The molecule has 0 fully saturated rings. The molecule has 0 atom stereocenters. The van der Waals surface area contributed by atoms with E-state index in [0.29, 0.717) is 5.69 Å². The number of hydrogen-bond donors (Lipinski definition) is 0. The van der Waals surface area contributed by atoms with E-state index in [1.54, 1.807) is 39.1 Å². The maximum atomic E-state index is 10.8. The topological polar surface area (TPSA) is 63.4 Å². The smallest absolute Gasteiger partial charge is 0.540 e. The second-order valence-electron chi connectivity index (χ2n) is 3.97. The third-order valence-corrected chi connectivity index (χ3v) is 2.53. The number of likely N-dealkylation sites (N-methyl/N-ethyl adjacent to an activating group) is 1. The van der Waals surface area contributed by atoms with Crippen LogP contribution in [-0.2, 0) is 37.5 Å². The van der Waals surface area contributed by atoms with Crippen LogP contribution in [0.3, 0.4) is 0 Å². The summed E-state index contributed by atoms with van der Waals surface area (Å²) in [6.07, 6.45) is 1.86. The minimum atomic E-state index is -0.897. The van der Waals surface area contributed by atoms with Crippen molar-refractivity contribution in [2.24, 2.45) is 0 Å². The van der Waals surface area contributed by atoms with Crippen LogP contribution in [0.4, 0.5) is 11.4 Å². The zero-order valence-electron chi connectivity index (χ0n) is 10.0. The zero-order valence-corrected chi connectivity index (χ0v) is 12.8. The van der Waals surface area contributed by atoms with Crippen LogP contribution in [-0.4, -0.2) is 23.8 Å². The first-order valence-corrected chi connectivity index (χ1v) is 4.76. The Morgan fingerprint density at radius 2 is 1.88 bits per heavy atom. The predicted molar refractivity (Wildman–Crippen MR) is 61.3 cm³/mol. The first-order valence-electron chi connectivity index (χ1n) is 4.76. The summed E-state index contributed by atoms with van der Waals surface area (Å²) in [4.78, 5) is 22.7. The fourth-order valence-corrected chi connectivity index (χ4v) is 1.27. The van der Waals surface area contributed by atoms with Gasteiger partial charge in [0.1, 0.15) is 5.69 Å². The van der Waals surface area contributed by atoms with E-state index < -0.39 is 10.5 Å². The quantitative estimate of drug-likeness (QED) is 0.484. The molecule has 1 rings (SSSR count). The molecule has 5 nitrogen and oxygen atoms in total. The largest absolute Gasteiger partial charge is 3.00 e. The number of nitro benzene ring substituents is 1. The van der Waals surface area contributed by atoms with Crippen LogP contribution in [0, 0.1) is 10.1 Å². The van der Waals surface area contributed by atoms with E-state index in [-0.39, 0.29) is 38.4 Å². The molecule has 0 saturated heterocycles. The Kier molecular flexibility index (Phi) is 5.92. The van der Waals surface area contributed by atoms with Gasteiger partial charge in [0.15, 0.2) is 0 Å². The summed E-state index contributed by atoms with van der Waals surface area (Å²) in [6, 6.07) is 6.30. The standard InChI is InChI=1S/C11H13N2O3.Y/c1-11(2,8-14)12(3)9-6-4-5-7-10(9)13(15)16;/h4-7H,1-3H3;/q-1;+3. The molecule has 0 spiro atoms. The molecular weight excluding hydrogens is 297 g/mol. The minimum Gasteiger partial charge on any atom is -0.540 e. The van der Waals surface area contributed by atoms with Crippen LogP contribution in [0.5, 0.6) is 0 Å². The summed E-state index contributed by atoms with van der Waals surface area (Å²) < 4.78 is 0. The monoisotopic (exact) mass is 310 g/mol. The first-order chi connectivity index (χ1) is 7.40. The number of para-hydroxylation sites is 2. The van der Waals surface area contributed by atoms with Crippen molar-refractivity contribution < 1.29 is 42.4 Å². The fraction of sp³-hybridized carbons (Fsp3) is 0.364. The summed E-state index contributed by atoms with van der Waals surface area (Å²) >= 11 is 0. The van der Waals surface area contributed by atoms with Crippen LogP contribution in [0.15, 0.2) is 24.3 Å². The summed E-state index contributed by atoms with van der Waals surface area (Å²) in [5.74, 6) is 0. The van der Waals surface area contributed by atoms with Crippen molar-refractivity contribution in [1.82, 2.24) is 0 Å². The molecule has 0 aromatic heterocycles. The fourth-order valence-electron chi connectivity index (χ4n) is 1.27. The Labute approximate surface area is 125 Å². The van der Waals surface area contributed by atoms with E-state index in [0.717, 1.165) is 0 Å². The zero-order chi connectivity index (χ0) is 12.3. The van der Waals surface area contributed by atoms with Gasteiger partial charge in [-0.3, -0.25) is 10.1 Å². The van der Waals surface area contributed by atoms with Gasteiger partial charge in [-0.05, 0) is 6.07 Å². The Morgan fingerprint density at radius 1 is 1.35 bits per heavy atom. The van der Waals surface area contributed by atoms with Crippen molar-refractivity contribution in [3.05, 3.63) is 34.4 Å². The predicted octanol–water partition coefficient (Wildman–Crippen LogP) is 1.92. The van der Waals surface area contributed by atoms with Gasteiger partial charge in [-0.25, -0.2) is 6.29 Å². The Hall–Kier alpha value is -0.806. The molecule has 1 aromatic rings. The molecule has 0 unspecified atom stereocenters. The summed E-state index contributed by atoms with van der Waals surface area (Å²) in [6.45, 7) is 3.30. The van der Waals surface area contributed by atoms with Crippen molar-refractivity contribution in [2.75, 3.05) is 11.9 Å². The van der Waals surface area contributed by atoms with Crippen molar-refractivity contribution in [3.63, 3.8) is 0 Å². The van der Waals surface area contributed by atoms with E-state index in [1.165, 1.54) is 11.0 Å². The SMILES string of the molecule is CN(c1ccccc1[N+](=O)[O-])C(C)(C)[C-]=O.[Y+3]. The Bertz CT molecular complexity index is 421. The maximum absolute atomic E-state index is 10.8. The molecule has 1 aromatic carbocycles. The molecule has 0 radical (unpaired) electrons. The van der Waals surface area contributed by atoms with Crippen molar-refractivity contribution in [1.29, 1.82) is 0 Å². The Balaban J connectivity index is 0.00000256. The summed E-state index contributed by atoms with van der Waals surface area (Å²) in [7, 11) is 1.63. The Morgan fingerprint density at radius 3 is 2.35 bits per heavy atom. The van der Waals surface area contributed by atoms with Gasteiger partial charge in [-0.1, -0.05) is 31.5 Å². The van der Waals surface area contributed by atoms with Crippen LogP contribution in [0.25, 0.3) is 0 Å².